The lowest BCUT2D eigenvalue weighted by Crippen LogP contribution is -2.26. The molecule has 1 rings (SSSR count). The average molecular weight is 290 g/mol. The van der Waals surface area contributed by atoms with Crippen LogP contribution in [0.15, 0.2) is 22.7 Å². The summed E-state index contributed by atoms with van der Waals surface area (Å²) in [6, 6.07) is 5.07. The molecule has 0 radical (unpaired) electrons. The van der Waals surface area contributed by atoms with Crippen LogP contribution in [0, 0.1) is 5.82 Å². The molecule has 1 atom stereocenters. The number of hydrogen-bond acceptors (Lipinski definition) is 2. The van der Waals surface area contributed by atoms with Crippen LogP contribution in [0.25, 0.3) is 0 Å². The molecule has 1 unspecified atom stereocenters. The Morgan fingerprint density at radius 2 is 2.25 bits per heavy atom. The number of ether oxygens (including phenoxy) is 1. The topological polar surface area (TPSA) is 21.3 Å². The van der Waals surface area contributed by atoms with Gasteiger partial charge in [0.2, 0.25) is 0 Å². The van der Waals surface area contributed by atoms with Crippen LogP contribution in [-0.4, -0.2) is 19.8 Å². The molecule has 1 aromatic rings. The van der Waals surface area contributed by atoms with E-state index in [9.17, 15) is 4.39 Å². The number of hydrogen-bond donors (Lipinski definition) is 1. The number of benzene rings is 1. The van der Waals surface area contributed by atoms with E-state index in [1.807, 2.05) is 0 Å². The van der Waals surface area contributed by atoms with Gasteiger partial charge in [0.05, 0.1) is 0 Å². The second-order valence-corrected chi connectivity index (χ2v) is 4.65. The largest absolute Gasteiger partial charge is 0.385 e. The minimum Gasteiger partial charge on any atom is -0.385 e. The highest BCUT2D eigenvalue weighted by atomic mass is 79.9. The normalized spacial score (nSPS) is 12.8. The summed E-state index contributed by atoms with van der Waals surface area (Å²) < 4.78 is 18.9. The van der Waals surface area contributed by atoms with Crippen LogP contribution in [0.5, 0.6) is 0 Å². The molecule has 0 saturated carbocycles. The predicted molar refractivity (Wildman–Crippen MR) is 66.9 cm³/mol. The molecule has 0 aliphatic heterocycles. The molecule has 2 nitrogen and oxygen atoms in total. The van der Waals surface area contributed by atoms with E-state index in [0.29, 0.717) is 12.6 Å². The minimum absolute atomic E-state index is 0.204. The van der Waals surface area contributed by atoms with Crippen molar-refractivity contribution in [3.05, 3.63) is 34.1 Å². The Kier molecular flexibility index (Phi) is 5.95. The van der Waals surface area contributed by atoms with E-state index < -0.39 is 0 Å². The van der Waals surface area contributed by atoms with E-state index in [2.05, 4.69) is 28.2 Å². The van der Waals surface area contributed by atoms with E-state index in [0.717, 1.165) is 23.1 Å². The summed E-state index contributed by atoms with van der Waals surface area (Å²) in [5, 5.41) is 3.33. The molecule has 0 amide bonds. The molecule has 0 heterocycles. The zero-order valence-electron chi connectivity index (χ0n) is 9.59. The van der Waals surface area contributed by atoms with Gasteiger partial charge in [-0.15, -0.1) is 0 Å². The van der Waals surface area contributed by atoms with Gasteiger partial charge in [-0.1, -0.05) is 15.9 Å². The zero-order chi connectivity index (χ0) is 12.0. The first-order valence-corrected chi connectivity index (χ1v) is 6.09. The lowest BCUT2D eigenvalue weighted by atomic mass is 10.2. The molecule has 0 fully saturated rings. The highest BCUT2D eigenvalue weighted by molar-refractivity contribution is 9.10. The molecule has 0 spiro atoms. The van der Waals surface area contributed by atoms with E-state index >= 15 is 0 Å². The molecule has 0 saturated heterocycles. The van der Waals surface area contributed by atoms with Crippen molar-refractivity contribution in [3.8, 4) is 0 Å². The fourth-order valence-electron chi connectivity index (χ4n) is 1.36. The van der Waals surface area contributed by atoms with Crippen LogP contribution < -0.4 is 5.32 Å². The molecule has 0 bridgehead atoms. The van der Waals surface area contributed by atoms with Crippen molar-refractivity contribution in [3.63, 3.8) is 0 Å². The second kappa shape index (κ2) is 6.99. The van der Waals surface area contributed by atoms with Crippen molar-refractivity contribution in [2.24, 2.45) is 0 Å². The highest BCUT2D eigenvalue weighted by Gasteiger charge is 2.04. The fourth-order valence-corrected chi connectivity index (χ4v) is 1.75. The Labute approximate surface area is 104 Å². The summed E-state index contributed by atoms with van der Waals surface area (Å²) >= 11 is 3.40. The van der Waals surface area contributed by atoms with Crippen molar-refractivity contribution in [2.75, 3.05) is 13.7 Å². The van der Waals surface area contributed by atoms with Crippen LogP contribution in [0.4, 0.5) is 4.39 Å². The van der Waals surface area contributed by atoms with Gasteiger partial charge in [-0.3, -0.25) is 0 Å². The first-order valence-electron chi connectivity index (χ1n) is 5.29. The van der Waals surface area contributed by atoms with Crippen LogP contribution >= 0.6 is 15.9 Å². The Hall–Kier alpha value is -0.450. The van der Waals surface area contributed by atoms with E-state index in [-0.39, 0.29) is 5.82 Å². The Bertz CT molecular complexity index is 333. The summed E-state index contributed by atoms with van der Waals surface area (Å²) in [7, 11) is 1.69. The van der Waals surface area contributed by atoms with Gasteiger partial charge in [-0.05, 0) is 37.1 Å². The summed E-state index contributed by atoms with van der Waals surface area (Å²) in [4.78, 5) is 0. The van der Waals surface area contributed by atoms with Crippen molar-refractivity contribution in [1.82, 2.24) is 5.32 Å². The van der Waals surface area contributed by atoms with E-state index in [1.54, 1.807) is 19.2 Å². The van der Waals surface area contributed by atoms with Gasteiger partial charge >= 0.3 is 0 Å². The number of nitrogens with one attached hydrogen (secondary N) is 1. The molecular weight excluding hydrogens is 273 g/mol. The standard InChI is InChI=1S/C12H17BrFNO/c1-9(5-6-16-2)15-8-10-7-11(14)3-4-12(10)13/h3-4,7,9,15H,5-6,8H2,1-2H3. The molecule has 0 aromatic heterocycles. The number of rotatable bonds is 6. The number of methoxy groups -OCH3 is 1. The molecule has 0 aliphatic rings. The average Bonchev–Trinajstić information content (AvgIpc) is 2.27. The van der Waals surface area contributed by atoms with Crippen LogP contribution in [0.3, 0.4) is 0 Å². The first kappa shape index (κ1) is 13.6. The SMILES string of the molecule is COCCC(C)NCc1cc(F)ccc1Br. The summed E-state index contributed by atoms with van der Waals surface area (Å²) in [6.45, 7) is 3.48. The zero-order valence-corrected chi connectivity index (χ0v) is 11.2. The lowest BCUT2D eigenvalue weighted by Gasteiger charge is -2.14. The minimum atomic E-state index is -0.204. The summed E-state index contributed by atoms with van der Waals surface area (Å²) in [6.07, 6.45) is 0.948. The molecule has 90 valence electrons. The van der Waals surface area contributed by atoms with Crippen molar-refractivity contribution in [2.45, 2.75) is 25.9 Å². The van der Waals surface area contributed by atoms with Crippen LogP contribution in [0.2, 0.25) is 0 Å². The second-order valence-electron chi connectivity index (χ2n) is 3.80. The molecule has 1 aromatic carbocycles. The fraction of sp³-hybridized carbons (Fsp3) is 0.500. The van der Waals surface area contributed by atoms with Crippen molar-refractivity contribution in [1.29, 1.82) is 0 Å². The van der Waals surface area contributed by atoms with Crippen LogP contribution in [-0.2, 0) is 11.3 Å². The quantitative estimate of drug-likeness (QED) is 0.869. The summed E-state index contributed by atoms with van der Waals surface area (Å²) in [5.41, 5.74) is 0.935. The molecule has 4 heteroatoms. The third kappa shape index (κ3) is 4.60. The maximum absolute atomic E-state index is 13.0. The predicted octanol–water partition coefficient (Wildman–Crippen LogP) is 3.10. The van der Waals surface area contributed by atoms with Gasteiger partial charge in [-0.2, -0.15) is 0 Å². The van der Waals surface area contributed by atoms with E-state index in [1.165, 1.54) is 6.07 Å². The maximum Gasteiger partial charge on any atom is 0.123 e. The molecule has 1 N–H and O–H groups in total. The smallest absolute Gasteiger partial charge is 0.123 e. The van der Waals surface area contributed by atoms with Gasteiger partial charge in [0.1, 0.15) is 5.82 Å². The Balaban J connectivity index is 2.44. The van der Waals surface area contributed by atoms with Gasteiger partial charge in [-0.25, -0.2) is 4.39 Å². The maximum atomic E-state index is 13.0. The molecule has 16 heavy (non-hydrogen) atoms. The molecule has 0 aliphatic carbocycles. The van der Waals surface area contributed by atoms with E-state index in [4.69, 9.17) is 4.74 Å². The van der Waals surface area contributed by atoms with Crippen molar-refractivity contribution < 1.29 is 9.13 Å². The van der Waals surface area contributed by atoms with Gasteiger partial charge in [0.25, 0.3) is 0 Å². The summed E-state index contributed by atoms with van der Waals surface area (Å²) in [5.74, 6) is -0.204. The Morgan fingerprint density at radius 1 is 1.50 bits per heavy atom. The third-order valence-electron chi connectivity index (χ3n) is 2.40. The lowest BCUT2D eigenvalue weighted by molar-refractivity contribution is 0.184. The van der Waals surface area contributed by atoms with Gasteiger partial charge in [0, 0.05) is 30.8 Å². The third-order valence-corrected chi connectivity index (χ3v) is 3.18. The number of halogens is 2. The molecular formula is C12H17BrFNO. The van der Waals surface area contributed by atoms with Gasteiger partial charge in [0.15, 0.2) is 0 Å². The van der Waals surface area contributed by atoms with Crippen LogP contribution in [0.1, 0.15) is 18.9 Å². The highest BCUT2D eigenvalue weighted by Crippen LogP contribution is 2.17. The Morgan fingerprint density at radius 3 is 2.94 bits per heavy atom. The van der Waals surface area contributed by atoms with Crippen molar-refractivity contribution >= 4 is 15.9 Å². The first-order chi connectivity index (χ1) is 7.63. The van der Waals surface area contributed by atoms with Gasteiger partial charge < -0.3 is 10.1 Å². The monoisotopic (exact) mass is 289 g/mol.